The molecule has 1 unspecified atom stereocenters. The highest BCUT2D eigenvalue weighted by molar-refractivity contribution is 7.91. The number of aromatic nitrogens is 4. The van der Waals surface area contributed by atoms with Crippen molar-refractivity contribution in [1.82, 2.24) is 25.1 Å². The van der Waals surface area contributed by atoms with E-state index in [4.69, 9.17) is 9.84 Å². The predicted octanol–water partition coefficient (Wildman–Crippen LogP) is 2.75. The molecule has 0 bridgehead atoms. The van der Waals surface area contributed by atoms with Crippen molar-refractivity contribution in [3.8, 4) is 17.0 Å². The number of nitrogens with one attached hydrogen (secondary N) is 1. The number of hydrogen-bond donors (Lipinski definition) is 1. The van der Waals surface area contributed by atoms with E-state index < -0.39 is 27.9 Å². The Morgan fingerprint density at radius 3 is 2.72 bits per heavy atom. The van der Waals surface area contributed by atoms with Crippen molar-refractivity contribution in [3.05, 3.63) is 36.4 Å². The molecule has 2 saturated heterocycles. The Kier molecular flexibility index (Phi) is 6.37. The Hall–Kier alpha value is -3.19. The Balaban J connectivity index is 1.54. The van der Waals surface area contributed by atoms with Crippen LogP contribution in [0, 0.1) is 0 Å². The third-order valence-corrected chi connectivity index (χ3v) is 8.39. The first-order chi connectivity index (χ1) is 17.1. The Bertz CT molecular complexity index is 1410. The molecule has 5 heterocycles. The number of halogens is 2. The van der Waals surface area contributed by atoms with Gasteiger partial charge < -0.3 is 14.8 Å². The van der Waals surface area contributed by atoms with E-state index in [1.54, 1.807) is 13.0 Å². The lowest BCUT2D eigenvalue weighted by Crippen LogP contribution is -2.47. The molecule has 3 aromatic heterocycles. The number of fused-ring (bicyclic) bond motifs is 1. The molecule has 0 aromatic carbocycles. The van der Waals surface area contributed by atoms with Gasteiger partial charge in [-0.05, 0) is 38.3 Å². The van der Waals surface area contributed by atoms with Crippen LogP contribution in [-0.4, -0.2) is 70.9 Å². The standard InChI is InChI=1S/C23H25F2N5O5S/c1-23(4-7-36(32,33)13-23)28-21(31)18-9-19-17(12-27-18)20(29-30(19)15-2-5-34-6-3-15)14-8-16(11-26-10-14)35-22(24)25/h8-12,15,22H,2-7,13H2,1H3,(H,28,31). The van der Waals surface area contributed by atoms with E-state index in [1.165, 1.54) is 24.7 Å². The zero-order valence-corrected chi connectivity index (χ0v) is 20.3. The Morgan fingerprint density at radius 1 is 1.25 bits per heavy atom. The number of hydrogen-bond acceptors (Lipinski definition) is 8. The van der Waals surface area contributed by atoms with Gasteiger partial charge >= 0.3 is 6.61 Å². The molecule has 13 heteroatoms. The number of amides is 1. The minimum Gasteiger partial charge on any atom is -0.433 e. The van der Waals surface area contributed by atoms with Crippen LogP contribution in [0.5, 0.6) is 5.75 Å². The van der Waals surface area contributed by atoms with Crippen LogP contribution >= 0.6 is 0 Å². The van der Waals surface area contributed by atoms with Crippen molar-refractivity contribution in [3.63, 3.8) is 0 Å². The molecule has 2 aliphatic rings. The average molecular weight is 522 g/mol. The van der Waals surface area contributed by atoms with Crippen LogP contribution in [0.25, 0.3) is 22.2 Å². The van der Waals surface area contributed by atoms with Gasteiger partial charge in [0.05, 0.1) is 34.8 Å². The van der Waals surface area contributed by atoms with Gasteiger partial charge in [0.15, 0.2) is 9.84 Å². The second-order valence-electron chi connectivity index (χ2n) is 9.37. The monoisotopic (exact) mass is 521 g/mol. The maximum absolute atomic E-state index is 13.1. The minimum atomic E-state index is -3.20. The van der Waals surface area contributed by atoms with E-state index in [-0.39, 0.29) is 29.0 Å². The smallest absolute Gasteiger partial charge is 0.387 e. The number of nitrogens with zero attached hydrogens (tertiary/aromatic N) is 4. The summed E-state index contributed by atoms with van der Waals surface area (Å²) in [6, 6.07) is 3.05. The van der Waals surface area contributed by atoms with Gasteiger partial charge in [0.25, 0.3) is 5.91 Å². The number of alkyl halides is 2. The van der Waals surface area contributed by atoms with Crippen LogP contribution in [0.2, 0.25) is 0 Å². The summed E-state index contributed by atoms with van der Waals surface area (Å²) >= 11 is 0. The highest BCUT2D eigenvalue weighted by atomic mass is 32.2. The quantitative estimate of drug-likeness (QED) is 0.525. The van der Waals surface area contributed by atoms with Gasteiger partial charge in [-0.15, -0.1) is 0 Å². The zero-order chi connectivity index (χ0) is 25.5. The predicted molar refractivity (Wildman–Crippen MR) is 126 cm³/mol. The second-order valence-corrected chi connectivity index (χ2v) is 11.6. The van der Waals surface area contributed by atoms with Crippen molar-refractivity contribution in [2.24, 2.45) is 0 Å². The zero-order valence-electron chi connectivity index (χ0n) is 19.5. The molecule has 192 valence electrons. The third kappa shape index (κ3) is 5.03. The number of ether oxygens (including phenoxy) is 2. The molecule has 0 spiro atoms. The summed E-state index contributed by atoms with van der Waals surface area (Å²) in [5.74, 6) is -0.674. The van der Waals surface area contributed by atoms with Gasteiger partial charge in [-0.1, -0.05) is 0 Å². The van der Waals surface area contributed by atoms with E-state index in [1.807, 2.05) is 4.68 Å². The number of sulfone groups is 1. The molecular weight excluding hydrogens is 496 g/mol. The van der Waals surface area contributed by atoms with Crippen LogP contribution in [0.3, 0.4) is 0 Å². The summed E-state index contributed by atoms with van der Waals surface area (Å²) in [4.78, 5) is 21.4. The maximum atomic E-state index is 13.1. The molecule has 0 radical (unpaired) electrons. The summed E-state index contributed by atoms with van der Waals surface area (Å²) in [6.45, 7) is -0.157. The molecule has 0 saturated carbocycles. The summed E-state index contributed by atoms with van der Waals surface area (Å²) in [5.41, 5.74) is 0.834. The largest absolute Gasteiger partial charge is 0.433 e. The number of pyridine rings is 2. The van der Waals surface area contributed by atoms with Gasteiger partial charge in [0.2, 0.25) is 0 Å². The number of carbonyl (C=O) groups is 1. The molecule has 1 amide bonds. The molecule has 2 aliphatic heterocycles. The first-order valence-electron chi connectivity index (χ1n) is 11.5. The molecule has 1 N–H and O–H groups in total. The fourth-order valence-corrected chi connectivity index (χ4v) is 6.83. The van der Waals surface area contributed by atoms with Crippen molar-refractivity contribution in [2.45, 2.75) is 44.4 Å². The molecule has 10 nitrogen and oxygen atoms in total. The Labute approximate surface area is 205 Å². The lowest BCUT2D eigenvalue weighted by molar-refractivity contribution is -0.0500. The molecule has 36 heavy (non-hydrogen) atoms. The van der Waals surface area contributed by atoms with E-state index in [0.29, 0.717) is 54.6 Å². The Morgan fingerprint density at radius 2 is 2.03 bits per heavy atom. The summed E-state index contributed by atoms with van der Waals surface area (Å²) in [5, 5.41) is 8.21. The lowest BCUT2D eigenvalue weighted by atomic mass is 10.0. The van der Waals surface area contributed by atoms with Crippen molar-refractivity contribution < 1.29 is 31.5 Å². The van der Waals surface area contributed by atoms with Crippen molar-refractivity contribution >= 4 is 26.6 Å². The van der Waals surface area contributed by atoms with E-state index >= 15 is 0 Å². The number of carbonyl (C=O) groups excluding carboxylic acids is 1. The normalized spacial score (nSPS) is 22.2. The summed E-state index contributed by atoms with van der Waals surface area (Å²) in [7, 11) is -3.20. The first kappa shape index (κ1) is 24.5. The highest BCUT2D eigenvalue weighted by Gasteiger charge is 2.40. The van der Waals surface area contributed by atoms with Gasteiger partial charge in [-0.2, -0.15) is 13.9 Å². The number of rotatable bonds is 6. The van der Waals surface area contributed by atoms with Crippen LogP contribution in [0.1, 0.15) is 42.7 Å². The maximum Gasteiger partial charge on any atom is 0.387 e. The molecule has 5 rings (SSSR count). The first-order valence-corrected chi connectivity index (χ1v) is 13.3. The van der Waals surface area contributed by atoms with E-state index in [2.05, 4.69) is 20.0 Å². The van der Waals surface area contributed by atoms with Crippen LogP contribution in [-0.2, 0) is 14.6 Å². The lowest BCUT2D eigenvalue weighted by Gasteiger charge is -2.24. The van der Waals surface area contributed by atoms with Crippen LogP contribution < -0.4 is 10.1 Å². The minimum absolute atomic E-state index is 0.000686. The average Bonchev–Trinajstić information content (AvgIpc) is 3.35. The van der Waals surface area contributed by atoms with Gasteiger partial charge in [-0.25, -0.2) is 8.42 Å². The molecule has 3 aromatic rings. The topological polar surface area (TPSA) is 125 Å². The van der Waals surface area contributed by atoms with Gasteiger partial charge in [-0.3, -0.25) is 19.4 Å². The molecule has 1 atom stereocenters. The molecule has 2 fully saturated rings. The van der Waals surface area contributed by atoms with Crippen LogP contribution in [0.4, 0.5) is 8.78 Å². The van der Waals surface area contributed by atoms with E-state index in [9.17, 15) is 22.0 Å². The summed E-state index contributed by atoms with van der Waals surface area (Å²) < 4.78 is 61.1. The highest BCUT2D eigenvalue weighted by Crippen LogP contribution is 2.34. The van der Waals surface area contributed by atoms with Crippen LogP contribution in [0.15, 0.2) is 30.7 Å². The second kappa shape index (κ2) is 9.36. The van der Waals surface area contributed by atoms with Gasteiger partial charge in [0.1, 0.15) is 17.1 Å². The summed E-state index contributed by atoms with van der Waals surface area (Å²) in [6.07, 6.45) is 5.95. The van der Waals surface area contributed by atoms with E-state index in [0.717, 1.165) is 0 Å². The molecular formula is C23H25F2N5O5S. The van der Waals surface area contributed by atoms with Crippen molar-refractivity contribution in [2.75, 3.05) is 24.7 Å². The molecule has 0 aliphatic carbocycles. The third-order valence-electron chi connectivity index (χ3n) is 6.49. The fraction of sp³-hybridized carbons (Fsp3) is 0.478. The van der Waals surface area contributed by atoms with Gasteiger partial charge in [0, 0.05) is 36.6 Å². The van der Waals surface area contributed by atoms with Crippen molar-refractivity contribution in [1.29, 1.82) is 0 Å². The SMILES string of the molecule is CC1(NC(=O)c2cc3c(cn2)c(-c2cncc(OC(F)F)c2)nn3C2CCOCC2)CCS(=O)(=O)C1. The fourth-order valence-electron chi connectivity index (χ4n) is 4.74.